The zero-order valence-corrected chi connectivity index (χ0v) is 12.1. The first-order valence-corrected chi connectivity index (χ1v) is 7.21. The van der Waals surface area contributed by atoms with Crippen molar-refractivity contribution in [2.75, 3.05) is 37.6 Å². The molecule has 0 saturated carbocycles. The Morgan fingerprint density at radius 3 is 2.33 bits per heavy atom. The Bertz CT molecular complexity index is 456. The molecule has 0 bridgehead atoms. The highest BCUT2D eigenvalue weighted by Gasteiger charge is 2.32. The molecule has 3 nitrogen and oxygen atoms in total. The van der Waals surface area contributed by atoms with Crippen LogP contribution in [0, 0.1) is 0 Å². The summed E-state index contributed by atoms with van der Waals surface area (Å²) in [6.07, 6.45) is -4.06. The highest BCUT2D eigenvalue weighted by Crippen LogP contribution is 2.29. The molecule has 1 saturated heterocycles. The number of benzene rings is 1. The first kappa shape index (κ1) is 16.1. The van der Waals surface area contributed by atoms with Gasteiger partial charge in [-0.25, -0.2) is 0 Å². The summed E-state index contributed by atoms with van der Waals surface area (Å²) in [5, 5.41) is 10.1. The quantitative estimate of drug-likeness (QED) is 0.926. The number of rotatable bonds is 4. The first-order valence-electron chi connectivity index (χ1n) is 7.21. The predicted molar refractivity (Wildman–Crippen MR) is 76.4 cm³/mol. The Balaban J connectivity index is 2.03. The van der Waals surface area contributed by atoms with Gasteiger partial charge in [0.15, 0.2) is 0 Å². The van der Waals surface area contributed by atoms with Crippen molar-refractivity contribution < 1.29 is 18.3 Å². The summed E-state index contributed by atoms with van der Waals surface area (Å²) in [5.41, 5.74) is 1.78. The van der Waals surface area contributed by atoms with Gasteiger partial charge < -0.3 is 10.0 Å². The van der Waals surface area contributed by atoms with Gasteiger partial charge in [0, 0.05) is 37.4 Å². The van der Waals surface area contributed by atoms with Crippen LogP contribution in [0.4, 0.5) is 18.9 Å². The largest absolute Gasteiger partial charge is 0.401 e. The molecule has 0 unspecified atom stereocenters. The average Bonchev–Trinajstić information content (AvgIpc) is 2.45. The fraction of sp³-hybridized carbons (Fsp3) is 0.600. The highest BCUT2D eigenvalue weighted by atomic mass is 19.4. The molecule has 1 heterocycles. The fourth-order valence-corrected chi connectivity index (χ4v) is 2.68. The van der Waals surface area contributed by atoms with E-state index in [0.29, 0.717) is 32.6 Å². The Morgan fingerprint density at radius 1 is 1.14 bits per heavy atom. The van der Waals surface area contributed by atoms with E-state index in [0.717, 1.165) is 11.3 Å². The number of aliphatic hydroxyl groups excluding tert-OH is 1. The van der Waals surface area contributed by atoms with Crippen LogP contribution < -0.4 is 4.90 Å². The minimum Gasteiger partial charge on any atom is -0.388 e. The fourth-order valence-electron chi connectivity index (χ4n) is 2.68. The molecule has 1 aliphatic heterocycles. The van der Waals surface area contributed by atoms with Crippen LogP contribution in [0.1, 0.15) is 25.0 Å². The average molecular weight is 302 g/mol. The van der Waals surface area contributed by atoms with Crippen LogP contribution in [0.2, 0.25) is 0 Å². The molecule has 0 spiro atoms. The van der Waals surface area contributed by atoms with Crippen LogP contribution in [0.3, 0.4) is 0 Å². The van der Waals surface area contributed by atoms with E-state index >= 15 is 0 Å². The topological polar surface area (TPSA) is 26.7 Å². The van der Waals surface area contributed by atoms with E-state index in [2.05, 4.69) is 4.90 Å². The van der Waals surface area contributed by atoms with Gasteiger partial charge >= 0.3 is 6.18 Å². The van der Waals surface area contributed by atoms with Crippen LogP contribution in [-0.2, 0) is 0 Å². The monoisotopic (exact) mass is 302 g/mol. The molecule has 1 aliphatic rings. The van der Waals surface area contributed by atoms with Crippen molar-refractivity contribution in [2.24, 2.45) is 0 Å². The summed E-state index contributed by atoms with van der Waals surface area (Å²) in [6.45, 7) is 2.92. The molecule has 1 fully saturated rings. The summed E-state index contributed by atoms with van der Waals surface area (Å²) < 4.78 is 37.2. The van der Waals surface area contributed by atoms with E-state index in [-0.39, 0.29) is 0 Å². The van der Waals surface area contributed by atoms with Crippen LogP contribution in [0.5, 0.6) is 0 Å². The number of piperazine rings is 1. The number of anilines is 1. The van der Waals surface area contributed by atoms with Crippen molar-refractivity contribution in [1.82, 2.24) is 4.90 Å². The number of nitrogens with zero attached hydrogens (tertiary/aromatic N) is 2. The summed E-state index contributed by atoms with van der Waals surface area (Å²) in [5.74, 6) is 0. The third kappa shape index (κ3) is 4.35. The molecular weight excluding hydrogens is 281 g/mol. The van der Waals surface area contributed by atoms with E-state index in [1.165, 1.54) is 4.90 Å². The standard InChI is InChI=1S/C15H21F3N2O/c1-2-14(21)12-5-3-4-6-13(12)20-9-7-19(8-10-20)11-15(16,17)18/h3-6,14,21H,2,7-11H2,1H3/t14-/m1/s1. The molecule has 1 N–H and O–H groups in total. The molecule has 6 heteroatoms. The summed E-state index contributed by atoms with van der Waals surface area (Å²) in [4.78, 5) is 3.48. The first-order chi connectivity index (χ1) is 9.90. The molecule has 0 aromatic heterocycles. The summed E-state index contributed by atoms with van der Waals surface area (Å²) in [6, 6.07) is 7.57. The minimum absolute atomic E-state index is 0.385. The number of alkyl halides is 3. The summed E-state index contributed by atoms with van der Waals surface area (Å²) >= 11 is 0. The van der Waals surface area contributed by atoms with Crippen molar-refractivity contribution in [3.63, 3.8) is 0 Å². The van der Waals surface area contributed by atoms with Crippen molar-refractivity contribution in [2.45, 2.75) is 25.6 Å². The maximum absolute atomic E-state index is 12.4. The van der Waals surface area contributed by atoms with Gasteiger partial charge in [0.05, 0.1) is 12.6 Å². The van der Waals surface area contributed by atoms with Crippen LogP contribution in [0.15, 0.2) is 24.3 Å². The maximum atomic E-state index is 12.4. The molecule has 1 aromatic rings. The molecule has 0 aliphatic carbocycles. The lowest BCUT2D eigenvalue weighted by Crippen LogP contribution is -2.49. The van der Waals surface area contributed by atoms with Crippen LogP contribution >= 0.6 is 0 Å². The summed E-state index contributed by atoms with van der Waals surface area (Å²) in [7, 11) is 0. The van der Waals surface area contributed by atoms with Gasteiger partial charge in [0.25, 0.3) is 0 Å². The normalized spacial score (nSPS) is 18.8. The molecule has 2 rings (SSSR count). The molecule has 0 amide bonds. The zero-order valence-electron chi connectivity index (χ0n) is 12.1. The number of halogens is 3. The minimum atomic E-state index is -4.14. The zero-order chi connectivity index (χ0) is 15.5. The van der Waals surface area contributed by atoms with Crippen LogP contribution in [0.25, 0.3) is 0 Å². The van der Waals surface area contributed by atoms with E-state index in [1.807, 2.05) is 31.2 Å². The lowest BCUT2D eigenvalue weighted by atomic mass is 10.0. The molecule has 118 valence electrons. The molecule has 0 radical (unpaired) electrons. The van der Waals surface area contributed by atoms with E-state index < -0.39 is 18.8 Å². The number of hydrogen-bond acceptors (Lipinski definition) is 3. The van der Waals surface area contributed by atoms with Crippen molar-refractivity contribution in [1.29, 1.82) is 0 Å². The van der Waals surface area contributed by atoms with Gasteiger partial charge in [-0.2, -0.15) is 13.2 Å². The lowest BCUT2D eigenvalue weighted by molar-refractivity contribution is -0.146. The number of hydrogen-bond donors (Lipinski definition) is 1. The Hall–Kier alpha value is -1.27. The van der Waals surface area contributed by atoms with Gasteiger partial charge in [-0.1, -0.05) is 25.1 Å². The second-order valence-corrected chi connectivity index (χ2v) is 5.36. The smallest absolute Gasteiger partial charge is 0.388 e. The van der Waals surface area contributed by atoms with E-state index in [9.17, 15) is 18.3 Å². The predicted octanol–water partition coefficient (Wildman–Crippen LogP) is 2.81. The SMILES string of the molecule is CC[C@@H](O)c1ccccc1N1CCN(CC(F)(F)F)CC1. The highest BCUT2D eigenvalue weighted by molar-refractivity contribution is 5.55. The van der Waals surface area contributed by atoms with Gasteiger partial charge in [0.1, 0.15) is 0 Å². The van der Waals surface area contributed by atoms with Gasteiger partial charge in [-0.3, -0.25) is 4.90 Å². The van der Waals surface area contributed by atoms with Crippen molar-refractivity contribution in [3.8, 4) is 0 Å². The second-order valence-electron chi connectivity index (χ2n) is 5.36. The third-order valence-electron chi connectivity index (χ3n) is 3.80. The third-order valence-corrected chi connectivity index (χ3v) is 3.80. The van der Waals surface area contributed by atoms with E-state index in [4.69, 9.17) is 0 Å². The lowest BCUT2D eigenvalue weighted by Gasteiger charge is -2.37. The maximum Gasteiger partial charge on any atom is 0.401 e. The Labute approximate surface area is 123 Å². The van der Waals surface area contributed by atoms with Crippen molar-refractivity contribution >= 4 is 5.69 Å². The van der Waals surface area contributed by atoms with Crippen LogP contribution in [-0.4, -0.2) is 48.9 Å². The molecule has 1 atom stereocenters. The van der Waals surface area contributed by atoms with Crippen molar-refractivity contribution in [3.05, 3.63) is 29.8 Å². The Kier molecular flexibility index (Phi) is 5.11. The van der Waals surface area contributed by atoms with Gasteiger partial charge in [-0.05, 0) is 12.5 Å². The number of aliphatic hydroxyl groups is 1. The second kappa shape index (κ2) is 6.66. The Morgan fingerprint density at radius 2 is 1.76 bits per heavy atom. The molecular formula is C15H21F3N2O. The molecule has 1 aromatic carbocycles. The van der Waals surface area contributed by atoms with Gasteiger partial charge in [0.2, 0.25) is 0 Å². The number of para-hydroxylation sites is 1. The van der Waals surface area contributed by atoms with E-state index in [1.54, 1.807) is 0 Å². The molecule has 21 heavy (non-hydrogen) atoms. The van der Waals surface area contributed by atoms with Gasteiger partial charge in [-0.15, -0.1) is 0 Å².